The van der Waals surface area contributed by atoms with Crippen molar-refractivity contribution < 1.29 is 9.53 Å². The maximum atomic E-state index is 11.8. The van der Waals surface area contributed by atoms with E-state index in [0.29, 0.717) is 18.6 Å². The van der Waals surface area contributed by atoms with E-state index in [1.165, 1.54) is 11.1 Å². The summed E-state index contributed by atoms with van der Waals surface area (Å²) in [7, 11) is 2.23. The van der Waals surface area contributed by atoms with Gasteiger partial charge in [0, 0.05) is 25.7 Å². The van der Waals surface area contributed by atoms with Gasteiger partial charge in [-0.3, -0.25) is 4.90 Å². The molecule has 120 valence electrons. The molecular formula is C18H26N2O2. The molecular weight excluding hydrogens is 276 g/mol. The summed E-state index contributed by atoms with van der Waals surface area (Å²) in [5, 5.41) is 0. The predicted octanol–water partition coefficient (Wildman–Crippen LogP) is 3.08. The number of likely N-dealkylation sites (tertiary alicyclic amines) is 1. The van der Waals surface area contributed by atoms with Gasteiger partial charge in [0.2, 0.25) is 0 Å². The molecule has 3 rings (SSSR count). The number of carbonyl (C=O) groups excluding carboxylic acids is 1. The highest BCUT2D eigenvalue weighted by Crippen LogP contribution is 2.39. The van der Waals surface area contributed by atoms with Crippen LogP contribution in [0.4, 0.5) is 4.79 Å². The Kier molecular flexibility index (Phi) is 4.67. The largest absolute Gasteiger partial charge is 0.450 e. The van der Waals surface area contributed by atoms with Crippen LogP contribution in [0.25, 0.3) is 0 Å². The minimum atomic E-state index is -0.154. The molecule has 1 amide bonds. The Hall–Kier alpha value is -1.55. The SMILES string of the molecule is CCOC(=O)N1CCC(C2c3ccccc3CCN2C)CC1. The summed E-state index contributed by atoms with van der Waals surface area (Å²) in [5.74, 6) is 0.622. The first-order valence-corrected chi connectivity index (χ1v) is 8.40. The molecule has 0 saturated carbocycles. The average molecular weight is 302 g/mol. The fourth-order valence-corrected chi connectivity index (χ4v) is 3.95. The van der Waals surface area contributed by atoms with Gasteiger partial charge >= 0.3 is 6.09 Å². The Balaban J connectivity index is 1.69. The highest BCUT2D eigenvalue weighted by atomic mass is 16.6. The summed E-state index contributed by atoms with van der Waals surface area (Å²) >= 11 is 0. The number of rotatable bonds is 2. The smallest absolute Gasteiger partial charge is 0.409 e. The second-order valence-corrected chi connectivity index (χ2v) is 6.40. The van der Waals surface area contributed by atoms with Gasteiger partial charge < -0.3 is 9.64 Å². The van der Waals surface area contributed by atoms with Crippen molar-refractivity contribution in [1.29, 1.82) is 0 Å². The minimum absolute atomic E-state index is 0.154. The molecule has 0 bridgehead atoms. The van der Waals surface area contributed by atoms with Crippen LogP contribution in [0.5, 0.6) is 0 Å². The minimum Gasteiger partial charge on any atom is -0.450 e. The number of fused-ring (bicyclic) bond motifs is 1. The standard InChI is InChI=1S/C18H26N2O2/c1-3-22-18(21)20-12-9-15(10-13-20)17-16-7-5-4-6-14(16)8-11-19(17)2/h4-7,15,17H,3,8-13H2,1-2H3. The zero-order valence-corrected chi connectivity index (χ0v) is 13.6. The van der Waals surface area contributed by atoms with Gasteiger partial charge in [-0.2, -0.15) is 0 Å². The van der Waals surface area contributed by atoms with Gasteiger partial charge in [-0.25, -0.2) is 4.79 Å². The molecule has 1 unspecified atom stereocenters. The van der Waals surface area contributed by atoms with Crippen molar-refractivity contribution in [3.8, 4) is 0 Å². The molecule has 1 aromatic rings. The third-order valence-electron chi connectivity index (χ3n) is 5.09. The van der Waals surface area contributed by atoms with Crippen LogP contribution in [-0.4, -0.2) is 49.2 Å². The quantitative estimate of drug-likeness (QED) is 0.841. The first-order valence-electron chi connectivity index (χ1n) is 8.40. The first kappa shape index (κ1) is 15.3. The molecule has 1 aromatic carbocycles. The summed E-state index contributed by atoms with van der Waals surface area (Å²) < 4.78 is 5.12. The van der Waals surface area contributed by atoms with Crippen LogP contribution in [0.15, 0.2) is 24.3 Å². The number of likely N-dealkylation sites (N-methyl/N-ethyl adjacent to an activating group) is 1. The Morgan fingerprint density at radius 1 is 1.23 bits per heavy atom. The van der Waals surface area contributed by atoms with E-state index < -0.39 is 0 Å². The van der Waals surface area contributed by atoms with E-state index in [4.69, 9.17) is 4.74 Å². The lowest BCUT2D eigenvalue weighted by Crippen LogP contribution is -2.44. The van der Waals surface area contributed by atoms with Gasteiger partial charge in [-0.05, 0) is 50.3 Å². The van der Waals surface area contributed by atoms with Gasteiger partial charge in [0.05, 0.1) is 6.61 Å². The monoisotopic (exact) mass is 302 g/mol. The van der Waals surface area contributed by atoms with Gasteiger partial charge in [-0.15, -0.1) is 0 Å². The van der Waals surface area contributed by atoms with Crippen molar-refractivity contribution in [2.24, 2.45) is 5.92 Å². The number of benzene rings is 1. The average Bonchev–Trinajstić information content (AvgIpc) is 2.55. The van der Waals surface area contributed by atoms with Gasteiger partial charge in [0.1, 0.15) is 0 Å². The number of amides is 1. The van der Waals surface area contributed by atoms with Crippen molar-refractivity contribution in [3.05, 3.63) is 35.4 Å². The van der Waals surface area contributed by atoms with Gasteiger partial charge in [-0.1, -0.05) is 24.3 Å². The second kappa shape index (κ2) is 6.69. The maximum Gasteiger partial charge on any atom is 0.409 e. The molecule has 1 saturated heterocycles. The molecule has 0 spiro atoms. The zero-order valence-electron chi connectivity index (χ0n) is 13.6. The van der Waals surface area contributed by atoms with E-state index in [2.05, 4.69) is 36.2 Å². The lowest BCUT2D eigenvalue weighted by Gasteiger charge is -2.43. The summed E-state index contributed by atoms with van der Waals surface area (Å²) in [6.07, 6.45) is 3.10. The van der Waals surface area contributed by atoms with E-state index in [1.807, 2.05) is 11.8 Å². The van der Waals surface area contributed by atoms with E-state index in [-0.39, 0.29) is 6.09 Å². The number of carbonyl (C=O) groups is 1. The van der Waals surface area contributed by atoms with Crippen LogP contribution in [0.1, 0.15) is 36.9 Å². The third kappa shape index (κ3) is 2.98. The molecule has 2 aliphatic heterocycles. The third-order valence-corrected chi connectivity index (χ3v) is 5.09. The van der Waals surface area contributed by atoms with Crippen molar-refractivity contribution in [1.82, 2.24) is 9.80 Å². The molecule has 2 heterocycles. The molecule has 1 atom stereocenters. The number of hydrogen-bond acceptors (Lipinski definition) is 3. The number of hydrogen-bond donors (Lipinski definition) is 0. The second-order valence-electron chi connectivity index (χ2n) is 6.40. The van der Waals surface area contributed by atoms with E-state index in [0.717, 1.165) is 38.9 Å². The van der Waals surface area contributed by atoms with E-state index in [1.54, 1.807) is 0 Å². The number of ether oxygens (including phenoxy) is 1. The molecule has 2 aliphatic rings. The molecule has 4 heteroatoms. The van der Waals surface area contributed by atoms with Crippen LogP contribution in [0.3, 0.4) is 0 Å². The Labute approximate surface area is 133 Å². The topological polar surface area (TPSA) is 32.8 Å². The molecule has 22 heavy (non-hydrogen) atoms. The molecule has 1 fully saturated rings. The van der Waals surface area contributed by atoms with E-state index in [9.17, 15) is 4.79 Å². The maximum absolute atomic E-state index is 11.8. The first-order chi connectivity index (χ1) is 10.7. The van der Waals surface area contributed by atoms with Gasteiger partial charge in [0.15, 0.2) is 0 Å². The number of piperidine rings is 1. The summed E-state index contributed by atoms with van der Waals surface area (Å²) in [6, 6.07) is 9.34. The molecule has 4 nitrogen and oxygen atoms in total. The normalized spacial score (nSPS) is 23.2. The van der Waals surface area contributed by atoms with Crippen LogP contribution in [0, 0.1) is 5.92 Å². The predicted molar refractivity (Wildman–Crippen MR) is 86.8 cm³/mol. The van der Waals surface area contributed by atoms with Crippen LogP contribution >= 0.6 is 0 Å². The summed E-state index contributed by atoms with van der Waals surface area (Å²) in [4.78, 5) is 16.2. The van der Waals surface area contributed by atoms with Crippen LogP contribution in [-0.2, 0) is 11.2 Å². The number of nitrogens with zero attached hydrogens (tertiary/aromatic N) is 2. The zero-order chi connectivity index (χ0) is 15.5. The van der Waals surface area contributed by atoms with E-state index >= 15 is 0 Å². The Morgan fingerprint density at radius 2 is 1.95 bits per heavy atom. The van der Waals surface area contributed by atoms with Crippen molar-refractivity contribution in [3.63, 3.8) is 0 Å². The Bertz CT molecular complexity index is 524. The highest BCUT2D eigenvalue weighted by Gasteiger charge is 2.34. The molecule has 0 aromatic heterocycles. The van der Waals surface area contributed by atoms with Crippen LogP contribution in [0.2, 0.25) is 0 Å². The summed E-state index contributed by atoms with van der Waals surface area (Å²) in [6.45, 7) is 5.07. The lowest BCUT2D eigenvalue weighted by molar-refractivity contribution is 0.0704. The lowest BCUT2D eigenvalue weighted by atomic mass is 9.80. The van der Waals surface area contributed by atoms with Crippen LogP contribution < -0.4 is 0 Å². The highest BCUT2D eigenvalue weighted by molar-refractivity contribution is 5.67. The fourth-order valence-electron chi connectivity index (χ4n) is 3.95. The van der Waals surface area contributed by atoms with Crippen molar-refractivity contribution in [2.75, 3.05) is 33.3 Å². The van der Waals surface area contributed by atoms with Crippen molar-refractivity contribution in [2.45, 2.75) is 32.2 Å². The molecule has 0 aliphatic carbocycles. The molecule has 0 N–H and O–H groups in total. The Morgan fingerprint density at radius 3 is 2.68 bits per heavy atom. The molecule has 0 radical (unpaired) electrons. The van der Waals surface area contributed by atoms with Gasteiger partial charge in [0.25, 0.3) is 0 Å². The summed E-state index contributed by atoms with van der Waals surface area (Å²) in [5.41, 5.74) is 2.99. The van der Waals surface area contributed by atoms with Crippen molar-refractivity contribution >= 4 is 6.09 Å². The fraction of sp³-hybridized carbons (Fsp3) is 0.611.